The molecule has 0 heterocycles. The van der Waals surface area contributed by atoms with Gasteiger partial charge < -0.3 is 4.74 Å². The molecular weight excluding hydrogens is 232 g/mol. The fourth-order valence-electron chi connectivity index (χ4n) is 1.14. The summed E-state index contributed by atoms with van der Waals surface area (Å²) in [6, 6.07) is 18.6. The van der Waals surface area contributed by atoms with Crippen LogP contribution in [0.25, 0.3) is 0 Å². The third-order valence-corrected chi connectivity index (χ3v) is 2.26. The van der Waals surface area contributed by atoms with Gasteiger partial charge in [-0.1, -0.05) is 48.5 Å². The average Bonchev–Trinajstić information content (AvgIpc) is 2.41. The lowest BCUT2D eigenvalue weighted by molar-refractivity contribution is 0.109. The number of methoxy groups -OCH3 is 1. The summed E-state index contributed by atoms with van der Waals surface area (Å²) in [4.78, 5) is 10.5. The highest BCUT2D eigenvalue weighted by Crippen LogP contribution is 2.05. The van der Waals surface area contributed by atoms with Crippen LogP contribution in [0.4, 0.5) is 0 Å². The predicted octanol–water partition coefficient (Wildman–Crippen LogP) is 3.45. The number of carbonyl (C=O) groups is 1. The lowest BCUT2D eigenvalue weighted by Crippen LogP contribution is -1.84. The Balaban J connectivity index is 0.000000171. The Morgan fingerprint density at radius 2 is 1.41 bits per heavy atom. The molecule has 0 fully saturated rings. The van der Waals surface area contributed by atoms with E-state index in [0.717, 1.165) is 5.75 Å². The molecular formula is C14H14O2S. The molecule has 0 aliphatic carbocycles. The van der Waals surface area contributed by atoms with Gasteiger partial charge in [0.1, 0.15) is 5.75 Å². The average molecular weight is 246 g/mol. The first-order valence-electron chi connectivity index (χ1n) is 5.11. The second kappa shape index (κ2) is 7.52. The van der Waals surface area contributed by atoms with Crippen molar-refractivity contribution in [3.05, 3.63) is 66.2 Å². The molecule has 3 heteroatoms. The Morgan fingerprint density at radius 3 is 1.71 bits per heavy atom. The summed E-state index contributed by atoms with van der Waals surface area (Å²) < 4.78 is 4.91. The minimum Gasteiger partial charge on any atom is -0.497 e. The number of carbonyl (C=O) groups excluding carboxylic acids is 1. The van der Waals surface area contributed by atoms with Crippen LogP contribution in [0.5, 0.6) is 5.75 Å². The highest BCUT2D eigenvalue weighted by atomic mass is 32.1. The number of benzene rings is 2. The molecule has 17 heavy (non-hydrogen) atoms. The van der Waals surface area contributed by atoms with Crippen molar-refractivity contribution in [2.75, 3.05) is 7.11 Å². The molecule has 0 unspecified atom stereocenters. The van der Waals surface area contributed by atoms with E-state index in [1.165, 1.54) is 0 Å². The van der Waals surface area contributed by atoms with Crippen LogP contribution < -0.4 is 4.74 Å². The van der Waals surface area contributed by atoms with Crippen molar-refractivity contribution in [3.63, 3.8) is 0 Å². The molecule has 0 radical (unpaired) electrons. The molecule has 0 amide bonds. The molecule has 88 valence electrons. The Labute approximate surface area is 107 Å². The molecule has 0 saturated carbocycles. The van der Waals surface area contributed by atoms with Crippen molar-refractivity contribution in [2.45, 2.75) is 0 Å². The zero-order valence-electron chi connectivity index (χ0n) is 9.54. The summed E-state index contributed by atoms with van der Waals surface area (Å²) in [7, 11) is 1.66. The first kappa shape index (κ1) is 13.3. The number of ether oxygens (including phenoxy) is 1. The summed E-state index contributed by atoms with van der Waals surface area (Å²) in [5, 5.41) is -0.185. The number of rotatable bonds is 2. The molecule has 2 aromatic carbocycles. The number of hydrogen-bond donors (Lipinski definition) is 1. The highest BCUT2D eigenvalue weighted by molar-refractivity contribution is 7.97. The molecule has 0 saturated heterocycles. The minimum absolute atomic E-state index is 0.185. The molecule has 2 nitrogen and oxygen atoms in total. The summed E-state index contributed by atoms with van der Waals surface area (Å²) in [6.45, 7) is 0. The predicted molar refractivity (Wildman–Crippen MR) is 72.8 cm³/mol. The molecule has 0 spiro atoms. The van der Waals surface area contributed by atoms with E-state index >= 15 is 0 Å². The highest BCUT2D eigenvalue weighted by Gasteiger charge is 1.94. The van der Waals surface area contributed by atoms with Crippen molar-refractivity contribution in [1.29, 1.82) is 0 Å². The van der Waals surface area contributed by atoms with E-state index in [1.54, 1.807) is 19.2 Å². The standard InChI is InChI=1S/C7H6OS.C7H8O/c8-7(9)6-4-2-1-3-5-6;1-8-7-5-3-2-4-6-7/h1-5H,(H,8,9);2-6H,1H3. The van der Waals surface area contributed by atoms with Crippen LogP contribution in [0, 0.1) is 0 Å². The second-order valence-corrected chi connectivity index (χ2v) is 3.59. The van der Waals surface area contributed by atoms with Crippen molar-refractivity contribution < 1.29 is 9.53 Å². The number of para-hydroxylation sites is 1. The van der Waals surface area contributed by atoms with Gasteiger partial charge in [-0.2, -0.15) is 0 Å². The van der Waals surface area contributed by atoms with Crippen molar-refractivity contribution in [3.8, 4) is 5.75 Å². The molecule has 0 atom stereocenters. The molecule has 2 rings (SSSR count). The van der Waals surface area contributed by atoms with Crippen molar-refractivity contribution in [1.82, 2.24) is 0 Å². The number of thiol groups is 1. The van der Waals surface area contributed by atoms with E-state index in [-0.39, 0.29) is 5.12 Å². The SMILES string of the molecule is COc1ccccc1.O=C(S)c1ccccc1. The van der Waals surface area contributed by atoms with E-state index in [9.17, 15) is 4.79 Å². The fraction of sp³-hybridized carbons (Fsp3) is 0.0714. The molecule has 0 aliphatic heterocycles. The van der Waals surface area contributed by atoms with Gasteiger partial charge in [-0.05, 0) is 12.1 Å². The maximum absolute atomic E-state index is 10.5. The van der Waals surface area contributed by atoms with E-state index in [1.807, 2.05) is 48.5 Å². The van der Waals surface area contributed by atoms with Gasteiger partial charge in [0.25, 0.3) is 0 Å². The van der Waals surface area contributed by atoms with Gasteiger partial charge in [0.2, 0.25) is 5.12 Å². The Hall–Kier alpha value is -1.74. The first-order chi connectivity index (χ1) is 8.24. The molecule has 0 aliphatic rings. The van der Waals surface area contributed by atoms with Gasteiger partial charge in [-0.15, -0.1) is 12.6 Å². The number of hydrogen-bond acceptors (Lipinski definition) is 2. The fourth-order valence-corrected chi connectivity index (χ4v) is 1.29. The van der Waals surface area contributed by atoms with E-state index in [0.29, 0.717) is 5.56 Å². The second-order valence-electron chi connectivity index (χ2n) is 3.19. The van der Waals surface area contributed by atoms with Crippen LogP contribution in [-0.2, 0) is 0 Å². The van der Waals surface area contributed by atoms with E-state index < -0.39 is 0 Å². The molecule has 2 aromatic rings. The van der Waals surface area contributed by atoms with Gasteiger partial charge in [-0.25, -0.2) is 0 Å². The van der Waals surface area contributed by atoms with Crippen molar-refractivity contribution in [2.24, 2.45) is 0 Å². The smallest absolute Gasteiger partial charge is 0.216 e. The largest absolute Gasteiger partial charge is 0.497 e. The lowest BCUT2D eigenvalue weighted by atomic mass is 10.2. The third kappa shape index (κ3) is 5.22. The summed E-state index contributed by atoms with van der Waals surface area (Å²) in [6.07, 6.45) is 0. The van der Waals surface area contributed by atoms with E-state index in [4.69, 9.17) is 4.74 Å². The van der Waals surface area contributed by atoms with Gasteiger partial charge >= 0.3 is 0 Å². The van der Waals surface area contributed by atoms with Crippen LogP contribution in [-0.4, -0.2) is 12.2 Å². The normalized spacial score (nSPS) is 8.82. The van der Waals surface area contributed by atoms with Gasteiger partial charge in [0.05, 0.1) is 7.11 Å². The van der Waals surface area contributed by atoms with Gasteiger partial charge in [-0.3, -0.25) is 4.79 Å². The first-order valence-corrected chi connectivity index (χ1v) is 5.56. The van der Waals surface area contributed by atoms with Crippen LogP contribution in [0.2, 0.25) is 0 Å². The van der Waals surface area contributed by atoms with Crippen molar-refractivity contribution >= 4 is 17.7 Å². The lowest BCUT2D eigenvalue weighted by Gasteiger charge is -1.93. The van der Waals surface area contributed by atoms with Gasteiger partial charge in [0, 0.05) is 5.56 Å². The third-order valence-electron chi connectivity index (χ3n) is 2.00. The summed E-state index contributed by atoms with van der Waals surface area (Å²) in [5.41, 5.74) is 0.640. The molecule has 0 bridgehead atoms. The Morgan fingerprint density at radius 1 is 0.941 bits per heavy atom. The zero-order chi connectivity index (χ0) is 12.5. The summed E-state index contributed by atoms with van der Waals surface area (Å²) in [5.74, 6) is 0.910. The summed E-state index contributed by atoms with van der Waals surface area (Å²) >= 11 is 3.65. The Bertz CT molecular complexity index is 440. The maximum Gasteiger partial charge on any atom is 0.216 e. The molecule has 0 N–H and O–H groups in total. The zero-order valence-corrected chi connectivity index (χ0v) is 10.4. The maximum atomic E-state index is 10.5. The van der Waals surface area contributed by atoms with Crippen LogP contribution in [0.3, 0.4) is 0 Å². The monoisotopic (exact) mass is 246 g/mol. The van der Waals surface area contributed by atoms with Gasteiger partial charge in [0.15, 0.2) is 0 Å². The van der Waals surface area contributed by atoms with Crippen LogP contribution in [0.15, 0.2) is 60.7 Å². The van der Waals surface area contributed by atoms with Crippen LogP contribution >= 0.6 is 12.6 Å². The topological polar surface area (TPSA) is 26.3 Å². The Kier molecular flexibility index (Phi) is 5.89. The minimum atomic E-state index is -0.185. The van der Waals surface area contributed by atoms with Crippen LogP contribution in [0.1, 0.15) is 10.4 Å². The molecule has 0 aromatic heterocycles. The quantitative estimate of drug-likeness (QED) is 0.821. The van der Waals surface area contributed by atoms with E-state index in [2.05, 4.69) is 12.6 Å².